The van der Waals surface area contributed by atoms with Crippen molar-refractivity contribution in [1.82, 2.24) is 14.9 Å². The van der Waals surface area contributed by atoms with Crippen molar-refractivity contribution < 1.29 is 0 Å². The molecule has 1 fully saturated rings. The molecule has 0 saturated heterocycles. The Morgan fingerprint density at radius 2 is 2.38 bits per heavy atom. The fraction of sp³-hybridized carbons (Fsp3) is 0.769. The maximum absolute atomic E-state index is 4.29. The summed E-state index contributed by atoms with van der Waals surface area (Å²) >= 11 is 0. The van der Waals surface area contributed by atoms with E-state index in [0.717, 1.165) is 19.0 Å². The third kappa shape index (κ3) is 2.46. The number of rotatable bonds is 6. The van der Waals surface area contributed by atoms with Gasteiger partial charge in [0.15, 0.2) is 0 Å². The van der Waals surface area contributed by atoms with Gasteiger partial charge < -0.3 is 9.88 Å². The van der Waals surface area contributed by atoms with Gasteiger partial charge in [-0.25, -0.2) is 4.98 Å². The van der Waals surface area contributed by atoms with Gasteiger partial charge in [0.05, 0.1) is 12.0 Å². The molecule has 1 atom stereocenters. The van der Waals surface area contributed by atoms with Crippen LogP contribution in [0.4, 0.5) is 0 Å². The van der Waals surface area contributed by atoms with Crippen LogP contribution in [0.5, 0.6) is 0 Å². The van der Waals surface area contributed by atoms with E-state index >= 15 is 0 Å². The van der Waals surface area contributed by atoms with Crippen LogP contribution in [0, 0.1) is 5.92 Å². The van der Waals surface area contributed by atoms with Gasteiger partial charge in [0.2, 0.25) is 0 Å². The summed E-state index contributed by atoms with van der Waals surface area (Å²) in [4.78, 5) is 4.29. The second kappa shape index (κ2) is 5.48. The summed E-state index contributed by atoms with van der Waals surface area (Å²) in [6, 6.07) is 0.620. The van der Waals surface area contributed by atoms with Crippen molar-refractivity contribution in [3.05, 3.63) is 18.2 Å². The molecule has 1 N–H and O–H groups in total. The standard InChI is InChI=1S/C13H23N3/c1-3-7-14-8-13-9-15-10-16(13)11(2)12-5-4-6-12/h9-12,14H,3-8H2,1-2H3. The van der Waals surface area contributed by atoms with Gasteiger partial charge in [-0.2, -0.15) is 0 Å². The monoisotopic (exact) mass is 221 g/mol. The number of nitrogens with one attached hydrogen (secondary N) is 1. The molecule has 1 aromatic heterocycles. The molecule has 1 aliphatic rings. The summed E-state index contributed by atoms with van der Waals surface area (Å²) in [5, 5.41) is 3.45. The fourth-order valence-corrected chi connectivity index (χ4v) is 2.38. The lowest BCUT2D eigenvalue weighted by Gasteiger charge is -2.33. The molecular weight excluding hydrogens is 198 g/mol. The van der Waals surface area contributed by atoms with Crippen LogP contribution in [-0.4, -0.2) is 16.1 Å². The average molecular weight is 221 g/mol. The molecule has 0 spiro atoms. The van der Waals surface area contributed by atoms with E-state index in [-0.39, 0.29) is 0 Å². The Kier molecular flexibility index (Phi) is 3.99. The molecular formula is C13H23N3. The van der Waals surface area contributed by atoms with Crippen LogP contribution >= 0.6 is 0 Å². The predicted octanol–water partition coefficient (Wildman–Crippen LogP) is 2.74. The highest BCUT2D eigenvalue weighted by Gasteiger charge is 2.25. The first-order valence-corrected chi connectivity index (χ1v) is 6.54. The molecule has 16 heavy (non-hydrogen) atoms. The minimum Gasteiger partial charge on any atom is -0.330 e. The van der Waals surface area contributed by atoms with Gasteiger partial charge in [0.25, 0.3) is 0 Å². The minimum absolute atomic E-state index is 0.620. The summed E-state index contributed by atoms with van der Waals surface area (Å²) in [6.45, 7) is 6.56. The van der Waals surface area contributed by atoms with E-state index in [2.05, 4.69) is 28.7 Å². The highest BCUT2D eigenvalue weighted by atomic mass is 15.1. The number of aromatic nitrogens is 2. The molecule has 1 aliphatic carbocycles. The largest absolute Gasteiger partial charge is 0.330 e. The van der Waals surface area contributed by atoms with E-state index in [4.69, 9.17) is 0 Å². The maximum atomic E-state index is 4.29. The summed E-state index contributed by atoms with van der Waals surface area (Å²) in [5.41, 5.74) is 1.33. The van der Waals surface area contributed by atoms with Crippen LogP contribution in [0.2, 0.25) is 0 Å². The van der Waals surface area contributed by atoms with E-state index in [0.29, 0.717) is 6.04 Å². The predicted molar refractivity (Wildman–Crippen MR) is 66.3 cm³/mol. The average Bonchev–Trinajstić information content (AvgIpc) is 2.63. The Labute approximate surface area is 98.3 Å². The first-order chi connectivity index (χ1) is 7.83. The van der Waals surface area contributed by atoms with Gasteiger partial charge in [0.1, 0.15) is 0 Å². The molecule has 2 rings (SSSR count). The van der Waals surface area contributed by atoms with E-state index in [1.807, 2.05) is 12.5 Å². The molecule has 1 saturated carbocycles. The highest BCUT2D eigenvalue weighted by molar-refractivity contribution is 5.01. The van der Waals surface area contributed by atoms with Crippen molar-refractivity contribution in [2.45, 2.75) is 52.1 Å². The lowest BCUT2D eigenvalue weighted by atomic mass is 9.80. The van der Waals surface area contributed by atoms with Gasteiger partial charge in [-0.15, -0.1) is 0 Å². The second-order valence-corrected chi connectivity index (χ2v) is 4.90. The number of nitrogens with zero attached hydrogens (tertiary/aromatic N) is 2. The summed E-state index contributed by atoms with van der Waals surface area (Å²) < 4.78 is 2.35. The Morgan fingerprint density at radius 1 is 1.56 bits per heavy atom. The molecule has 1 aromatic rings. The zero-order valence-corrected chi connectivity index (χ0v) is 10.4. The third-order valence-corrected chi connectivity index (χ3v) is 3.75. The molecule has 1 heterocycles. The van der Waals surface area contributed by atoms with Crippen molar-refractivity contribution in [3.8, 4) is 0 Å². The van der Waals surface area contributed by atoms with Crippen LogP contribution in [0.25, 0.3) is 0 Å². The van der Waals surface area contributed by atoms with Gasteiger partial charge in [-0.05, 0) is 38.6 Å². The number of imidazole rings is 1. The normalized spacial score (nSPS) is 18.4. The number of hydrogen-bond acceptors (Lipinski definition) is 2. The van der Waals surface area contributed by atoms with Crippen molar-refractivity contribution in [1.29, 1.82) is 0 Å². The Bertz CT molecular complexity index is 315. The first kappa shape index (κ1) is 11.6. The summed E-state index contributed by atoms with van der Waals surface area (Å²) in [5.74, 6) is 0.874. The third-order valence-electron chi connectivity index (χ3n) is 3.75. The number of hydrogen-bond donors (Lipinski definition) is 1. The lowest BCUT2D eigenvalue weighted by Crippen LogP contribution is -2.25. The fourth-order valence-electron chi connectivity index (χ4n) is 2.38. The van der Waals surface area contributed by atoms with Crippen molar-refractivity contribution in [2.75, 3.05) is 6.54 Å². The minimum atomic E-state index is 0.620. The highest BCUT2D eigenvalue weighted by Crippen LogP contribution is 2.36. The molecule has 0 aliphatic heterocycles. The van der Waals surface area contributed by atoms with Crippen LogP contribution in [0.3, 0.4) is 0 Å². The summed E-state index contributed by atoms with van der Waals surface area (Å²) in [6.07, 6.45) is 9.37. The SMILES string of the molecule is CCCNCc1cncn1C(C)C1CCC1. The van der Waals surface area contributed by atoms with Gasteiger partial charge in [-0.3, -0.25) is 0 Å². The Hall–Kier alpha value is -0.830. The van der Waals surface area contributed by atoms with Gasteiger partial charge in [-0.1, -0.05) is 13.3 Å². The molecule has 3 heteroatoms. The Balaban J connectivity index is 1.94. The first-order valence-electron chi connectivity index (χ1n) is 6.54. The van der Waals surface area contributed by atoms with Crippen molar-refractivity contribution >= 4 is 0 Å². The zero-order valence-electron chi connectivity index (χ0n) is 10.4. The van der Waals surface area contributed by atoms with E-state index < -0.39 is 0 Å². The maximum Gasteiger partial charge on any atom is 0.0951 e. The molecule has 0 aromatic carbocycles. The van der Waals surface area contributed by atoms with Crippen LogP contribution in [0.1, 0.15) is 51.3 Å². The molecule has 3 nitrogen and oxygen atoms in total. The lowest BCUT2D eigenvalue weighted by molar-refractivity contribution is 0.219. The quantitative estimate of drug-likeness (QED) is 0.749. The molecule has 1 unspecified atom stereocenters. The van der Waals surface area contributed by atoms with Gasteiger partial charge >= 0.3 is 0 Å². The topological polar surface area (TPSA) is 29.9 Å². The molecule has 90 valence electrons. The van der Waals surface area contributed by atoms with E-state index in [9.17, 15) is 0 Å². The Morgan fingerprint density at radius 3 is 3.00 bits per heavy atom. The van der Waals surface area contributed by atoms with Gasteiger partial charge in [0, 0.05) is 18.8 Å². The van der Waals surface area contributed by atoms with Crippen LogP contribution in [0.15, 0.2) is 12.5 Å². The van der Waals surface area contributed by atoms with E-state index in [1.165, 1.54) is 31.4 Å². The van der Waals surface area contributed by atoms with Crippen molar-refractivity contribution in [3.63, 3.8) is 0 Å². The molecule has 0 amide bonds. The smallest absolute Gasteiger partial charge is 0.0951 e. The van der Waals surface area contributed by atoms with Crippen LogP contribution in [-0.2, 0) is 6.54 Å². The van der Waals surface area contributed by atoms with E-state index in [1.54, 1.807) is 0 Å². The molecule has 0 bridgehead atoms. The van der Waals surface area contributed by atoms with Crippen LogP contribution < -0.4 is 5.32 Å². The summed E-state index contributed by atoms with van der Waals surface area (Å²) in [7, 11) is 0. The van der Waals surface area contributed by atoms with Crippen molar-refractivity contribution in [2.24, 2.45) is 5.92 Å². The second-order valence-electron chi connectivity index (χ2n) is 4.90. The zero-order chi connectivity index (χ0) is 11.4. The molecule has 0 radical (unpaired) electrons.